The Bertz CT molecular complexity index is 806. The molecule has 0 radical (unpaired) electrons. The van der Waals surface area contributed by atoms with E-state index >= 15 is 0 Å². The monoisotopic (exact) mass is 365 g/mol. The highest BCUT2D eigenvalue weighted by Gasteiger charge is 2.77. The highest BCUT2D eigenvalue weighted by Crippen LogP contribution is 2.76. The fraction of sp³-hybridized carbons (Fsp3) is 0.708. The largest absolute Gasteiger partial charge is 0.393 e. The molecule has 1 aromatic heterocycles. The molecule has 6 rings (SSSR count). The van der Waals surface area contributed by atoms with Gasteiger partial charge in [0.15, 0.2) is 0 Å². The maximum absolute atomic E-state index is 10.2. The van der Waals surface area contributed by atoms with Gasteiger partial charge < -0.3 is 9.84 Å². The first-order valence-electron chi connectivity index (χ1n) is 10.9. The van der Waals surface area contributed by atoms with E-state index in [1.165, 1.54) is 31.2 Å². The van der Waals surface area contributed by atoms with E-state index in [-0.39, 0.29) is 17.1 Å². The number of hydrogen-bond acceptors (Lipinski definition) is 3. The van der Waals surface area contributed by atoms with Crippen molar-refractivity contribution in [2.24, 2.45) is 28.6 Å². The Balaban J connectivity index is 1.37. The minimum Gasteiger partial charge on any atom is -0.393 e. The number of aliphatic hydroxyl groups excluding tert-OH is 1. The predicted molar refractivity (Wildman–Crippen MR) is 104 cm³/mol. The number of pyridine rings is 1. The smallest absolute Gasteiger partial charge is 0.127 e. The van der Waals surface area contributed by atoms with Crippen molar-refractivity contribution in [1.82, 2.24) is 4.98 Å². The van der Waals surface area contributed by atoms with Gasteiger partial charge in [-0.25, -0.2) is 0 Å². The van der Waals surface area contributed by atoms with Gasteiger partial charge in [0, 0.05) is 23.4 Å². The molecule has 4 aliphatic carbocycles. The molecule has 0 unspecified atom stereocenters. The lowest BCUT2D eigenvalue weighted by atomic mass is 9.47. The molecule has 1 saturated heterocycles. The van der Waals surface area contributed by atoms with Crippen LogP contribution in [0.25, 0.3) is 0 Å². The van der Waals surface area contributed by atoms with Gasteiger partial charge in [0.05, 0.1) is 12.2 Å². The minimum atomic E-state index is -0.115. The Labute approximate surface area is 162 Å². The summed E-state index contributed by atoms with van der Waals surface area (Å²) in [5, 5.41) is 10.2. The lowest BCUT2D eigenvalue weighted by Gasteiger charge is -2.58. The molecule has 3 saturated carbocycles. The Kier molecular flexibility index (Phi) is 3.25. The third-order valence-corrected chi connectivity index (χ3v) is 9.60. The molecule has 144 valence electrons. The highest BCUT2D eigenvalue weighted by molar-refractivity contribution is 5.37. The van der Waals surface area contributed by atoms with E-state index in [1.807, 2.05) is 12.4 Å². The second kappa shape index (κ2) is 5.24. The van der Waals surface area contributed by atoms with Gasteiger partial charge in [-0.05, 0) is 74.2 Å². The summed E-state index contributed by atoms with van der Waals surface area (Å²) in [6.07, 6.45) is 14.8. The molecule has 5 aliphatic rings. The zero-order valence-electron chi connectivity index (χ0n) is 16.5. The molecule has 0 aromatic carbocycles. The van der Waals surface area contributed by atoms with Crippen molar-refractivity contribution in [3.05, 3.63) is 41.7 Å². The molecule has 1 N–H and O–H groups in total. The summed E-state index contributed by atoms with van der Waals surface area (Å²) < 4.78 is 6.44. The van der Waals surface area contributed by atoms with Crippen LogP contribution in [0.1, 0.15) is 64.4 Å². The first-order valence-corrected chi connectivity index (χ1v) is 10.9. The number of aliphatic hydroxyl groups is 1. The minimum absolute atomic E-state index is 0.0788. The summed E-state index contributed by atoms with van der Waals surface area (Å²) in [4.78, 5) is 4.41. The number of allylic oxidation sites excluding steroid dienone is 1. The van der Waals surface area contributed by atoms with Crippen LogP contribution in [0.4, 0.5) is 0 Å². The molecule has 1 aromatic rings. The summed E-state index contributed by atoms with van der Waals surface area (Å²) in [6.45, 7) is 5.02. The van der Waals surface area contributed by atoms with Crippen LogP contribution in [0, 0.1) is 28.6 Å². The molecule has 0 amide bonds. The number of ether oxygens (including phenoxy) is 1. The van der Waals surface area contributed by atoms with Crippen molar-refractivity contribution < 1.29 is 9.84 Å². The van der Waals surface area contributed by atoms with Crippen LogP contribution in [-0.2, 0) is 10.3 Å². The Hall–Kier alpha value is -1.19. The quantitative estimate of drug-likeness (QED) is 0.584. The first-order chi connectivity index (χ1) is 13.0. The molecular weight excluding hydrogens is 334 g/mol. The zero-order chi connectivity index (χ0) is 18.4. The van der Waals surface area contributed by atoms with Gasteiger partial charge in [-0.3, -0.25) is 4.98 Å². The van der Waals surface area contributed by atoms with Crippen molar-refractivity contribution in [2.75, 3.05) is 0 Å². The number of hydrogen-bond donors (Lipinski definition) is 1. The van der Waals surface area contributed by atoms with Crippen LogP contribution in [0.3, 0.4) is 0 Å². The summed E-state index contributed by atoms with van der Waals surface area (Å²) in [5.74, 6) is 2.31. The van der Waals surface area contributed by atoms with Crippen LogP contribution in [0.2, 0.25) is 0 Å². The van der Waals surface area contributed by atoms with Gasteiger partial charge in [0.1, 0.15) is 5.60 Å². The maximum Gasteiger partial charge on any atom is 0.127 e. The Morgan fingerprint density at radius 1 is 1.19 bits per heavy atom. The van der Waals surface area contributed by atoms with E-state index in [9.17, 15) is 5.11 Å². The third-order valence-electron chi connectivity index (χ3n) is 9.60. The first kappa shape index (κ1) is 16.7. The number of epoxide rings is 1. The fourth-order valence-electron chi connectivity index (χ4n) is 8.16. The number of aromatic nitrogens is 1. The van der Waals surface area contributed by atoms with Crippen molar-refractivity contribution in [3.8, 4) is 0 Å². The molecular formula is C24H31NO2. The number of nitrogens with zero attached hydrogens (tertiary/aromatic N) is 1. The Morgan fingerprint density at radius 3 is 2.89 bits per heavy atom. The van der Waals surface area contributed by atoms with Crippen LogP contribution in [0.5, 0.6) is 0 Å². The molecule has 27 heavy (non-hydrogen) atoms. The number of rotatable bonds is 1. The van der Waals surface area contributed by atoms with Crippen LogP contribution in [0.15, 0.2) is 36.2 Å². The van der Waals surface area contributed by atoms with Crippen molar-refractivity contribution in [3.63, 3.8) is 0 Å². The lowest BCUT2D eigenvalue weighted by Crippen LogP contribution is -2.52. The topological polar surface area (TPSA) is 45.6 Å². The molecule has 4 fully saturated rings. The van der Waals surface area contributed by atoms with E-state index in [0.717, 1.165) is 37.0 Å². The van der Waals surface area contributed by atoms with Gasteiger partial charge in [0.2, 0.25) is 0 Å². The molecule has 2 heterocycles. The van der Waals surface area contributed by atoms with E-state index < -0.39 is 0 Å². The second-order valence-electron chi connectivity index (χ2n) is 10.4. The molecule has 0 spiro atoms. The van der Waals surface area contributed by atoms with Crippen LogP contribution in [-0.4, -0.2) is 22.3 Å². The SMILES string of the molecule is C[C@]12CC[C@H](O)CC1=CC[C@@H]1[C@@H]2CC[C@@]2(C)[C@H]1C[C@H]1O[C@]12c1cccnc1. The van der Waals surface area contributed by atoms with Gasteiger partial charge >= 0.3 is 0 Å². The highest BCUT2D eigenvalue weighted by atomic mass is 16.6. The van der Waals surface area contributed by atoms with Gasteiger partial charge in [0.25, 0.3) is 0 Å². The van der Waals surface area contributed by atoms with Gasteiger partial charge in [-0.1, -0.05) is 31.6 Å². The van der Waals surface area contributed by atoms with E-state index in [1.54, 1.807) is 5.57 Å². The predicted octanol–water partition coefficient (Wildman–Crippen LogP) is 4.61. The third kappa shape index (κ3) is 1.93. The van der Waals surface area contributed by atoms with Crippen molar-refractivity contribution >= 4 is 0 Å². The summed E-state index contributed by atoms with van der Waals surface area (Å²) in [7, 11) is 0. The molecule has 8 atom stereocenters. The molecule has 3 heteroatoms. The molecule has 1 aliphatic heterocycles. The summed E-state index contributed by atoms with van der Waals surface area (Å²) in [5.41, 5.74) is 3.34. The fourth-order valence-corrected chi connectivity index (χ4v) is 8.16. The average molecular weight is 366 g/mol. The van der Waals surface area contributed by atoms with Gasteiger partial charge in [-0.2, -0.15) is 0 Å². The second-order valence-corrected chi connectivity index (χ2v) is 10.4. The van der Waals surface area contributed by atoms with Crippen LogP contribution < -0.4 is 0 Å². The van der Waals surface area contributed by atoms with Crippen LogP contribution >= 0.6 is 0 Å². The van der Waals surface area contributed by atoms with Gasteiger partial charge in [-0.15, -0.1) is 0 Å². The Morgan fingerprint density at radius 2 is 2.07 bits per heavy atom. The summed E-state index contributed by atoms with van der Waals surface area (Å²) in [6, 6.07) is 4.30. The summed E-state index contributed by atoms with van der Waals surface area (Å²) >= 11 is 0. The average Bonchev–Trinajstić information content (AvgIpc) is 3.35. The normalized spacial score (nSPS) is 52.9. The zero-order valence-corrected chi connectivity index (χ0v) is 16.5. The lowest BCUT2D eigenvalue weighted by molar-refractivity contribution is -0.0845. The van der Waals surface area contributed by atoms with E-state index in [4.69, 9.17) is 4.74 Å². The molecule has 3 nitrogen and oxygen atoms in total. The van der Waals surface area contributed by atoms with E-state index in [0.29, 0.717) is 11.5 Å². The number of fused-ring (bicyclic) bond motifs is 7. The standard InChI is InChI=1S/C24H31NO2/c1-22-9-7-17(26)12-15(22)5-6-18-19(22)8-10-23(2)20(18)13-21-24(23,27-21)16-4-3-11-25-14-16/h3-5,11,14,17-21,26H,6-10,12-13H2,1-2H3/t17-,18+,19-,20-,21+,22-,23-,24+/m0/s1. The van der Waals surface area contributed by atoms with E-state index in [2.05, 4.69) is 37.0 Å². The van der Waals surface area contributed by atoms with Crippen molar-refractivity contribution in [1.29, 1.82) is 0 Å². The maximum atomic E-state index is 10.2. The molecule has 0 bridgehead atoms. The van der Waals surface area contributed by atoms with Crippen molar-refractivity contribution in [2.45, 2.75) is 76.6 Å².